The fourth-order valence-corrected chi connectivity index (χ4v) is 2.48. The Labute approximate surface area is 130 Å². The van der Waals surface area contributed by atoms with Gasteiger partial charge in [-0.2, -0.15) is 0 Å². The number of nitrogens with one attached hydrogen (secondary N) is 1. The van der Waals surface area contributed by atoms with Crippen LogP contribution in [0.25, 0.3) is 0 Å². The SMILES string of the molecule is COc1ccc(NC(=O)c2ccccc2I)cc1Cl. The minimum absolute atomic E-state index is 0.161. The normalized spacial score (nSPS) is 10.1. The van der Waals surface area contributed by atoms with Crippen LogP contribution in [0.1, 0.15) is 10.4 Å². The summed E-state index contributed by atoms with van der Waals surface area (Å²) in [6.07, 6.45) is 0. The van der Waals surface area contributed by atoms with Crippen LogP contribution in [0, 0.1) is 3.57 Å². The van der Waals surface area contributed by atoms with Crippen LogP contribution >= 0.6 is 34.2 Å². The van der Waals surface area contributed by atoms with Crippen molar-refractivity contribution in [1.29, 1.82) is 0 Å². The summed E-state index contributed by atoms with van der Waals surface area (Å²) in [5, 5.41) is 3.27. The lowest BCUT2D eigenvalue weighted by atomic mass is 10.2. The number of halogens is 2. The van der Waals surface area contributed by atoms with Crippen LogP contribution in [0.3, 0.4) is 0 Å². The Kier molecular flexibility index (Phi) is 4.66. The van der Waals surface area contributed by atoms with E-state index in [1.807, 2.05) is 18.2 Å². The number of hydrogen-bond acceptors (Lipinski definition) is 2. The average molecular weight is 388 g/mol. The third-order valence-corrected chi connectivity index (χ3v) is 3.76. The summed E-state index contributed by atoms with van der Waals surface area (Å²) in [5.74, 6) is 0.417. The quantitative estimate of drug-likeness (QED) is 0.802. The van der Waals surface area contributed by atoms with Gasteiger partial charge in [0.25, 0.3) is 5.91 Å². The smallest absolute Gasteiger partial charge is 0.256 e. The van der Waals surface area contributed by atoms with Gasteiger partial charge in [0, 0.05) is 9.26 Å². The maximum absolute atomic E-state index is 12.1. The minimum Gasteiger partial charge on any atom is -0.495 e. The zero-order valence-corrected chi connectivity index (χ0v) is 13.0. The van der Waals surface area contributed by atoms with E-state index in [1.54, 1.807) is 31.4 Å². The van der Waals surface area contributed by atoms with Crippen molar-refractivity contribution in [2.45, 2.75) is 0 Å². The maximum Gasteiger partial charge on any atom is 0.256 e. The molecule has 0 aliphatic carbocycles. The van der Waals surface area contributed by atoms with Gasteiger partial charge in [-0.25, -0.2) is 0 Å². The molecule has 0 saturated heterocycles. The highest BCUT2D eigenvalue weighted by Crippen LogP contribution is 2.27. The first-order valence-corrected chi connectivity index (χ1v) is 6.97. The van der Waals surface area contributed by atoms with Gasteiger partial charge in [0.1, 0.15) is 5.75 Å². The first-order valence-electron chi connectivity index (χ1n) is 5.51. The second-order valence-electron chi connectivity index (χ2n) is 3.78. The molecular weight excluding hydrogens is 377 g/mol. The Hall–Kier alpha value is -1.27. The van der Waals surface area contributed by atoms with E-state index in [2.05, 4.69) is 27.9 Å². The van der Waals surface area contributed by atoms with Gasteiger partial charge in [-0.1, -0.05) is 23.7 Å². The molecule has 0 saturated carbocycles. The molecule has 0 bridgehead atoms. The third-order valence-electron chi connectivity index (χ3n) is 2.53. The van der Waals surface area contributed by atoms with Crippen LogP contribution < -0.4 is 10.1 Å². The van der Waals surface area contributed by atoms with Gasteiger partial charge in [0.2, 0.25) is 0 Å². The molecule has 0 unspecified atom stereocenters. The fourth-order valence-electron chi connectivity index (χ4n) is 1.59. The van der Waals surface area contributed by atoms with Crippen molar-refractivity contribution in [2.75, 3.05) is 12.4 Å². The molecule has 3 nitrogen and oxygen atoms in total. The molecule has 98 valence electrons. The van der Waals surface area contributed by atoms with Crippen molar-refractivity contribution in [3.8, 4) is 5.75 Å². The molecule has 1 N–H and O–H groups in total. The zero-order valence-electron chi connectivity index (χ0n) is 10.1. The molecular formula is C14H11ClINO2. The Morgan fingerprint density at radius 2 is 2.00 bits per heavy atom. The molecule has 19 heavy (non-hydrogen) atoms. The zero-order chi connectivity index (χ0) is 13.8. The molecule has 0 heterocycles. The van der Waals surface area contributed by atoms with E-state index in [0.29, 0.717) is 22.0 Å². The number of carbonyl (C=O) groups is 1. The summed E-state index contributed by atoms with van der Waals surface area (Å²) >= 11 is 8.14. The van der Waals surface area contributed by atoms with E-state index in [-0.39, 0.29) is 5.91 Å². The average Bonchev–Trinajstić information content (AvgIpc) is 2.39. The van der Waals surface area contributed by atoms with E-state index in [4.69, 9.17) is 16.3 Å². The molecule has 1 amide bonds. The van der Waals surface area contributed by atoms with Gasteiger partial charge in [-0.05, 0) is 52.9 Å². The Morgan fingerprint density at radius 3 is 2.63 bits per heavy atom. The summed E-state index contributed by atoms with van der Waals surface area (Å²) in [6, 6.07) is 12.5. The largest absolute Gasteiger partial charge is 0.495 e. The number of ether oxygens (including phenoxy) is 1. The van der Waals surface area contributed by atoms with Gasteiger partial charge in [-0.15, -0.1) is 0 Å². The summed E-state index contributed by atoms with van der Waals surface area (Å²) in [5.41, 5.74) is 1.27. The fraction of sp³-hybridized carbons (Fsp3) is 0.0714. The summed E-state index contributed by atoms with van der Waals surface area (Å²) in [4.78, 5) is 12.1. The van der Waals surface area contributed by atoms with Crippen LogP contribution in [0.2, 0.25) is 5.02 Å². The highest BCUT2D eigenvalue weighted by atomic mass is 127. The van der Waals surface area contributed by atoms with Crippen molar-refractivity contribution in [2.24, 2.45) is 0 Å². The number of rotatable bonds is 3. The van der Waals surface area contributed by atoms with Crippen LogP contribution in [0.5, 0.6) is 5.75 Å². The maximum atomic E-state index is 12.1. The number of hydrogen-bond donors (Lipinski definition) is 1. The summed E-state index contributed by atoms with van der Waals surface area (Å²) in [6.45, 7) is 0. The van der Waals surface area contributed by atoms with Crippen LogP contribution in [-0.4, -0.2) is 13.0 Å². The Morgan fingerprint density at radius 1 is 1.26 bits per heavy atom. The number of methoxy groups -OCH3 is 1. The molecule has 0 radical (unpaired) electrons. The first kappa shape index (κ1) is 14.1. The van der Waals surface area contributed by atoms with Crippen LogP contribution in [0.15, 0.2) is 42.5 Å². The summed E-state index contributed by atoms with van der Waals surface area (Å²) < 4.78 is 5.96. The first-order chi connectivity index (χ1) is 9.11. The standard InChI is InChI=1S/C14H11ClINO2/c1-19-13-7-6-9(8-11(13)15)17-14(18)10-4-2-3-5-12(10)16/h2-8H,1H3,(H,17,18). The second kappa shape index (κ2) is 6.25. The topological polar surface area (TPSA) is 38.3 Å². The Bertz CT molecular complexity index is 616. The van der Waals surface area contributed by atoms with Crippen molar-refractivity contribution >= 4 is 45.8 Å². The monoisotopic (exact) mass is 387 g/mol. The summed E-state index contributed by atoms with van der Waals surface area (Å²) in [7, 11) is 1.55. The molecule has 0 aliphatic heterocycles. The number of anilines is 1. The second-order valence-corrected chi connectivity index (χ2v) is 5.35. The predicted molar refractivity (Wildman–Crippen MR) is 85.1 cm³/mol. The highest BCUT2D eigenvalue weighted by Gasteiger charge is 2.10. The molecule has 0 aromatic heterocycles. The molecule has 2 aromatic carbocycles. The molecule has 0 atom stereocenters. The van der Waals surface area contributed by atoms with E-state index in [0.717, 1.165) is 3.57 Å². The lowest BCUT2D eigenvalue weighted by molar-refractivity contribution is 0.102. The van der Waals surface area contributed by atoms with Crippen molar-refractivity contribution in [1.82, 2.24) is 0 Å². The van der Waals surface area contributed by atoms with E-state index >= 15 is 0 Å². The molecule has 0 aliphatic rings. The molecule has 0 fully saturated rings. The van der Waals surface area contributed by atoms with Gasteiger partial charge in [-0.3, -0.25) is 4.79 Å². The van der Waals surface area contributed by atoms with Crippen LogP contribution in [0.4, 0.5) is 5.69 Å². The molecule has 0 spiro atoms. The predicted octanol–water partition coefficient (Wildman–Crippen LogP) is 4.21. The van der Waals surface area contributed by atoms with Gasteiger partial charge in [0.15, 0.2) is 0 Å². The van der Waals surface area contributed by atoms with E-state index in [1.165, 1.54) is 0 Å². The third kappa shape index (κ3) is 3.39. The highest BCUT2D eigenvalue weighted by molar-refractivity contribution is 14.1. The lowest BCUT2D eigenvalue weighted by Crippen LogP contribution is -2.13. The molecule has 5 heteroatoms. The van der Waals surface area contributed by atoms with E-state index in [9.17, 15) is 4.79 Å². The number of benzene rings is 2. The van der Waals surface area contributed by atoms with Crippen molar-refractivity contribution in [3.63, 3.8) is 0 Å². The number of carbonyl (C=O) groups excluding carboxylic acids is 1. The molecule has 2 rings (SSSR count). The number of amides is 1. The van der Waals surface area contributed by atoms with Gasteiger partial charge in [0.05, 0.1) is 17.7 Å². The Balaban J connectivity index is 2.20. The molecule has 2 aromatic rings. The van der Waals surface area contributed by atoms with Gasteiger partial charge >= 0.3 is 0 Å². The van der Waals surface area contributed by atoms with E-state index < -0.39 is 0 Å². The van der Waals surface area contributed by atoms with Crippen molar-refractivity contribution in [3.05, 3.63) is 56.6 Å². The van der Waals surface area contributed by atoms with Crippen LogP contribution in [-0.2, 0) is 0 Å². The van der Waals surface area contributed by atoms with Crippen molar-refractivity contribution < 1.29 is 9.53 Å². The minimum atomic E-state index is -0.161. The lowest BCUT2D eigenvalue weighted by Gasteiger charge is -2.09. The van der Waals surface area contributed by atoms with Gasteiger partial charge < -0.3 is 10.1 Å².